The zero-order chi connectivity index (χ0) is 53.6. The first-order valence-electron chi connectivity index (χ1n) is 33.6. The average molecular weight is 1040 g/mol. The number of allylic oxidation sites excluding steroid dienone is 3. The standard InChI is InChI=1S/C68H131NO5/c1-3-5-7-9-11-13-15-16-17-18-32-35-38-42-46-50-54-58-62-68(73)74-63-59-55-51-47-43-39-36-33-30-28-26-24-22-20-19-21-23-25-27-29-31-34-37-41-45-49-53-57-61-67(72)69-65(64-70)66(71)60-56-52-48-44-40-14-12-10-8-6-4-2/h19-20,56,60,65-66,70-71H,3-18,21-55,57-59,61-64H2,1-2H3,(H,69,72)/b20-19-,60-56+. The molecule has 0 aromatic carbocycles. The van der Waals surface area contributed by atoms with E-state index >= 15 is 0 Å². The molecule has 0 saturated carbocycles. The molecule has 0 bridgehead atoms. The molecule has 74 heavy (non-hydrogen) atoms. The Morgan fingerprint density at radius 1 is 0.365 bits per heavy atom. The lowest BCUT2D eigenvalue weighted by Gasteiger charge is -2.20. The molecule has 0 rings (SSSR count). The van der Waals surface area contributed by atoms with Crippen molar-refractivity contribution in [1.82, 2.24) is 5.32 Å². The number of aliphatic hydroxyl groups is 2. The Hall–Kier alpha value is -1.66. The number of rotatable bonds is 63. The zero-order valence-corrected chi connectivity index (χ0v) is 50.1. The van der Waals surface area contributed by atoms with Crippen molar-refractivity contribution in [3.63, 3.8) is 0 Å². The van der Waals surface area contributed by atoms with Crippen molar-refractivity contribution in [2.24, 2.45) is 0 Å². The molecule has 0 saturated heterocycles. The van der Waals surface area contributed by atoms with E-state index in [1.165, 1.54) is 308 Å². The molecule has 0 aromatic heterocycles. The molecule has 0 aliphatic rings. The van der Waals surface area contributed by atoms with Crippen molar-refractivity contribution in [3.05, 3.63) is 24.3 Å². The molecule has 438 valence electrons. The van der Waals surface area contributed by atoms with Crippen LogP contribution in [-0.2, 0) is 14.3 Å². The third-order valence-electron chi connectivity index (χ3n) is 15.7. The highest BCUT2D eigenvalue weighted by atomic mass is 16.5. The largest absolute Gasteiger partial charge is 0.466 e. The van der Waals surface area contributed by atoms with Gasteiger partial charge in [0.25, 0.3) is 0 Å². The van der Waals surface area contributed by atoms with Gasteiger partial charge in [0.2, 0.25) is 5.91 Å². The molecule has 6 heteroatoms. The normalized spacial score (nSPS) is 12.6. The zero-order valence-electron chi connectivity index (χ0n) is 50.1. The molecular weight excluding hydrogens is 911 g/mol. The Morgan fingerprint density at radius 3 is 0.959 bits per heavy atom. The van der Waals surface area contributed by atoms with Gasteiger partial charge in [0.15, 0.2) is 0 Å². The molecule has 3 N–H and O–H groups in total. The molecule has 6 nitrogen and oxygen atoms in total. The molecular formula is C68H131NO5. The van der Waals surface area contributed by atoms with Crippen LogP contribution in [0.25, 0.3) is 0 Å². The Morgan fingerprint density at radius 2 is 0.635 bits per heavy atom. The summed E-state index contributed by atoms with van der Waals surface area (Å²) in [5.41, 5.74) is 0. The monoisotopic (exact) mass is 1040 g/mol. The van der Waals surface area contributed by atoms with Gasteiger partial charge >= 0.3 is 5.97 Å². The summed E-state index contributed by atoms with van der Waals surface area (Å²) in [6.45, 7) is 4.92. The molecule has 0 fully saturated rings. The molecule has 0 radical (unpaired) electrons. The summed E-state index contributed by atoms with van der Waals surface area (Å²) in [6.07, 6.45) is 79.7. The maximum absolute atomic E-state index is 12.4. The smallest absolute Gasteiger partial charge is 0.305 e. The van der Waals surface area contributed by atoms with Crippen LogP contribution < -0.4 is 5.32 Å². The van der Waals surface area contributed by atoms with Crippen LogP contribution in [0, 0.1) is 0 Å². The third kappa shape index (κ3) is 59.6. The summed E-state index contributed by atoms with van der Waals surface area (Å²) < 4.78 is 5.51. The second kappa shape index (κ2) is 63.9. The number of ether oxygens (including phenoxy) is 1. The van der Waals surface area contributed by atoms with Crippen molar-refractivity contribution in [2.45, 2.75) is 386 Å². The molecule has 0 heterocycles. The number of aliphatic hydroxyl groups excluding tert-OH is 2. The van der Waals surface area contributed by atoms with Gasteiger partial charge in [-0.3, -0.25) is 9.59 Å². The number of amides is 1. The molecule has 0 aromatic rings. The fourth-order valence-corrected chi connectivity index (χ4v) is 10.6. The second-order valence-electron chi connectivity index (χ2n) is 23.2. The number of esters is 1. The molecule has 0 aliphatic heterocycles. The van der Waals surface area contributed by atoms with Crippen LogP contribution in [0.3, 0.4) is 0 Å². The molecule has 0 spiro atoms. The van der Waals surface area contributed by atoms with Crippen molar-refractivity contribution in [1.29, 1.82) is 0 Å². The number of nitrogens with one attached hydrogen (secondary N) is 1. The molecule has 2 unspecified atom stereocenters. The van der Waals surface area contributed by atoms with Crippen LogP contribution in [0.5, 0.6) is 0 Å². The quantitative estimate of drug-likeness (QED) is 0.0320. The van der Waals surface area contributed by atoms with E-state index in [0.717, 1.165) is 38.5 Å². The van der Waals surface area contributed by atoms with Gasteiger partial charge in [-0.25, -0.2) is 0 Å². The number of hydrogen-bond acceptors (Lipinski definition) is 5. The van der Waals surface area contributed by atoms with Crippen LogP contribution in [0.2, 0.25) is 0 Å². The number of hydrogen-bond donors (Lipinski definition) is 3. The van der Waals surface area contributed by atoms with E-state index in [2.05, 4.69) is 31.3 Å². The van der Waals surface area contributed by atoms with E-state index in [1.54, 1.807) is 6.08 Å². The Balaban J connectivity index is 3.35. The van der Waals surface area contributed by atoms with Crippen LogP contribution in [0.15, 0.2) is 24.3 Å². The van der Waals surface area contributed by atoms with Crippen molar-refractivity contribution < 1.29 is 24.5 Å². The SMILES string of the molecule is CCCCCCCCCCC/C=C/C(O)C(CO)NC(=O)CCCCCCCCCCCCCC/C=C\CCCCCCCCCCCCCCOC(=O)CCCCCCCCCCCCCCCCCCCC. The first-order chi connectivity index (χ1) is 36.5. The van der Waals surface area contributed by atoms with Gasteiger partial charge < -0.3 is 20.3 Å². The van der Waals surface area contributed by atoms with Gasteiger partial charge in [0.05, 0.1) is 25.4 Å². The first kappa shape index (κ1) is 72.3. The van der Waals surface area contributed by atoms with Crippen molar-refractivity contribution >= 4 is 11.9 Å². The van der Waals surface area contributed by atoms with E-state index in [0.29, 0.717) is 19.4 Å². The van der Waals surface area contributed by atoms with E-state index < -0.39 is 12.1 Å². The minimum Gasteiger partial charge on any atom is -0.466 e. The second-order valence-corrected chi connectivity index (χ2v) is 23.2. The summed E-state index contributed by atoms with van der Waals surface area (Å²) in [4.78, 5) is 24.5. The topological polar surface area (TPSA) is 95.9 Å². The maximum Gasteiger partial charge on any atom is 0.305 e. The van der Waals surface area contributed by atoms with Gasteiger partial charge in [-0.05, 0) is 57.8 Å². The van der Waals surface area contributed by atoms with Gasteiger partial charge in [0, 0.05) is 12.8 Å². The van der Waals surface area contributed by atoms with Crippen molar-refractivity contribution in [3.8, 4) is 0 Å². The third-order valence-corrected chi connectivity index (χ3v) is 15.7. The number of unbranched alkanes of at least 4 members (excludes halogenated alkanes) is 50. The minimum absolute atomic E-state index is 0.0203. The predicted molar refractivity (Wildman–Crippen MR) is 324 cm³/mol. The van der Waals surface area contributed by atoms with Gasteiger partial charge in [-0.15, -0.1) is 0 Å². The van der Waals surface area contributed by atoms with Crippen LogP contribution >= 0.6 is 0 Å². The van der Waals surface area contributed by atoms with Crippen LogP contribution in [-0.4, -0.2) is 47.4 Å². The highest BCUT2D eigenvalue weighted by molar-refractivity contribution is 5.76. The summed E-state index contributed by atoms with van der Waals surface area (Å²) in [5.74, 6) is -0.0475. The van der Waals surface area contributed by atoms with Crippen LogP contribution in [0.4, 0.5) is 0 Å². The summed E-state index contributed by atoms with van der Waals surface area (Å²) >= 11 is 0. The van der Waals surface area contributed by atoms with Crippen molar-refractivity contribution in [2.75, 3.05) is 13.2 Å². The Kier molecular flexibility index (Phi) is 62.4. The average Bonchev–Trinajstić information content (AvgIpc) is 3.40. The predicted octanol–water partition coefficient (Wildman–Crippen LogP) is 21.4. The number of carbonyl (C=O) groups excluding carboxylic acids is 2. The maximum atomic E-state index is 12.4. The Labute approximate surface area is 462 Å². The lowest BCUT2D eigenvalue weighted by Crippen LogP contribution is -2.45. The summed E-state index contributed by atoms with van der Waals surface area (Å²) in [6, 6.07) is -0.626. The highest BCUT2D eigenvalue weighted by Gasteiger charge is 2.18. The van der Waals surface area contributed by atoms with Gasteiger partial charge in [0.1, 0.15) is 0 Å². The lowest BCUT2D eigenvalue weighted by molar-refractivity contribution is -0.143. The van der Waals surface area contributed by atoms with Crippen LogP contribution in [0.1, 0.15) is 373 Å². The number of carbonyl (C=O) groups is 2. The Bertz CT molecular complexity index is 1150. The lowest BCUT2D eigenvalue weighted by atomic mass is 10.0. The summed E-state index contributed by atoms with van der Waals surface area (Å²) in [5, 5.41) is 23.0. The first-order valence-corrected chi connectivity index (χ1v) is 33.6. The molecule has 1 amide bonds. The molecule has 2 atom stereocenters. The van der Waals surface area contributed by atoms with E-state index in [-0.39, 0.29) is 18.5 Å². The van der Waals surface area contributed by atoms with E-state index in [9.17, 15) is 19.8 Å². The highest BCUT2D eigenvalue weighted by Crippen LogP contribution is 2.18. The minimum atomic E-state index is -0.842. The fourth-order valence-electron chi connectivity index (χ4n) is 10.6. The molecule has 0 aliphatic carbocycles. The fraction of sp³-hybridized carbons (Fsp3) is 0.912. The van der Waals surface area contributed by atoms with Gasteiger partial charge in [-0.1, -0.05) is 327 Å². The summed E-state index contributed by atoms with van der Waals surface area (Å²) in [7, 11) is 0. The van der Waals surface area contributed by atoms with E-state index in [1.807, 2.05) is 6.08 Å². The van der Waals surface area contributed by atoms with Gasteiger partial charge in [-0.2, -0.15) is 0 Å². The van der Waals surface area contributed by atoms with E-state index in [4.69, 9.17) is 4.74 Å².